The molecule has 0 saturated carbocycles. The highest BCUT2D eigenvalue weighted by Gasteiger charge is 2.29. The maximum atomic E-state index is 12.4. The van der Waals surface area contributed by atoms with Crippen LogP contribution in [0.4, 0.5) is 13.2 Å². The maximum Gasteiger partial charge on any atom is 0.416 e. The third-order valence-corrected chi connectivity index (χ3v) is 2.93. The molecule has 2 nitrogen and oxygen atoms in total. The molecule has 0 unspecified atom stereocenters. The zero-order valence-electron chi connectivity index (χ0n) is 11.3. The Kier molecular flexibility index (Phi) is 4.31. The molecule has 2 aromatic carbocycles. The van der Waals surface area contributed by atoms with Crippen molar-refractivity contribution in [2.75, 3.05) is 0 Å². The molecule has 0 aliphatic carbocycles. The Morgan fingerprint density at radius 2 is 1.76 bits per heavy atom. The van der Waals surface area contributed by atoms with Crippen molar-refractivity contribution >= 4 is 5.78 Å². The fourth-order valence-corrected chi connectivity index (χ4v) is 1.76. The minimum Gasteiger partial charge on any atom is -0.489 e. The van der Waals surface area contributed by atoms with E-state index in [1.54, 1.807) is 24.3 Å². The van der Waals surface area contributed by atoms with Crippen molar-refractivity contribution in [1.82, 2.24) is 0 Å². The number of hydrogen-bond acceptors (Lipinski definition) is 2. The summed E-state index contributed by atoms with van der Waals surface area (Å²) < 4.78 is 42.8. The lowest BCUT2D eigenvalue weighted by atomic mass is 10.1. The molecule has 0 N–H and O–H groups in total. The quantitative estimate of drug-likeness (QED) is 0.777. The molecule has 0 fully saturated rings. The number of benzene rings is 2. The Balaban J connectivity index is 2.03. The highest BCUT2D eigenvalue weighted by Crippen LogP contribution is 2.29. The molecule has 0 atom stereocenters. The molecule has 0 aliphatic rings. The van der Waals surface area contributed by atoms with Crippen molar-refractivity contribution in [2.24, 2.45) is 0 Å². The van der Waals surface area contributed by atoms with Crippen LogP contribution in [0.3, 0.4) is 0 Å². The summed E-state index contributed by atoms with van der Waals surface area (Å²) in [5.41, 5.74) is 0.459. The van der Waals surface area contributed by atoms with Gasteiger partial charge in [-0.25, -0.2) is 0 Å². The fourth-order valence-electron chi connectivity index (χ4n) is 1.76. The van der Waals surface area contributed by atoms with Crippen LogP contribution in [-0.2, 0) is 12.8 Å². The van der Waals surface area contributed by atoms with Crippen LogP contribution in [0.5, 0.6) is 5.75 Å². The summed E-state index contributed by atoms with van der Waals surface area (Å²) in [7, 11) is 0. The van der Waals surface area contributed by atoms with Gasteiger partial charge < -0.3 is 4.74 Å². The van der Waals surface area contributed by atoms with Gasteiger partial charge in [-0.15, -0.1) is 0 Å². The van der Waals surface area contributed by atoms with Crippen molar-refractivity contribution in [3.05, 3.63) is 65.2 Å². The van der Waals surface area contributed by atoms with Crippen molar-refractivity contribution in [3.8, 4) is 5.75 Å². The number of halogens is 3. The molecule has 0 heterocycles. The monoisotopic (exact) mass is 294 g/mol. The Hall–Kier alpha value is -2.30. The average molecular weight is 294 g/mol. The van der Waals surface area contributed by atoms with Gasteiger partial charge in [-0.1, -0.05) is 24.3 Å². The van der Waals surface area contributed by atoms with Gasteiger partial charge in [0, 0.05) is 5.56 Å². The smallest absolute Gasteiger partial charge is 0.416 e. The summed E-state index contributed by atoms with van der Waals surface area (Å²) in [6, 6.07) is 11.4. The standard InChI is InChI=1S/C16H13F3O2/c1-11(20)13-3-2-4-15(9-13)21-10-12-5-7-14(8-6-12)16(17,18)19/h2-9H,10H2,1H3. The molecular formula is C16H13F3O2. The van der Waals surface area contributed by atoms with E-state index in [1.165, 1.54) is 19.1 Å². The summed E-state index contributed by atoms with van der Waals surface area (Å²) >= 11 is 0. The number of carbonyl (C=O) groups is 1. The first-order valence-electron chi connectivity index (χ1n) is 6.26. The van der Waals surface area contributed by atoms with Gasteiger partial charge in [0.2, 0.25) is 0 Å². The van der Waals surface area contributed by atoms with Gasteiger partial charge in [0.05, 0.1) is 5.56 Å². The van der Waals surface area contributed by atoms with Gasteiger partial charge in [0.1, 0.15) is 12.4 Å². The van der Waals surface area contributed by atoms with Crippen LogP contribution in [0.15, 0.2) is 48.5 Å². The molecule has 0 bridgehead atoms. The number of alkyl halides is 3. The van der Waals surface area contributed by atoms with Gasteiger partial charge in [-0.3, -0.25) is 4.79 Å². The lowest BCUT2D eigenvalue weighted by Crippen LogP contribution is -2.05. The third kappa shape index (κ3) is 4.08. The van der Waals surface area contributed by atoms with Crippen LogP contribution in [0.2, 0.25) is 0 Å². The molecule has 21 heavy (non-hydrogen) atoms. The lowest BCUT2D eigenvalue weighted by Gasteiger charge is -2.09. The van der Waals surface area contributed by atoms with Crippen molar-refractivity contribution < 1.29 is 22.7 Å². The second kappa shape index (κ2) is 5.99. The van der Waals surface area contributed by atoms with E-state index >= 15 is 0 Å². The van der Waals surface area contributed by atoms with Gasteiger partial charge in [0.25, 0.3) is 0 Å². The summed E-state index contributed by atoms with van der Waals surface area (Å²) in [6.45, 7) is 1.59. The van der Waals surface area contributed by atoms with Crippen LogP contribution >= 0.6 is 0 Å². The number of hydrogen-bond donors (Lipinski definition) is 0. The lowest BCUT2D eigenvalue weighted by molar-refractivity contribution is -0.137. The zero-order chi connectivity index (χ0) is 15.5. The number of ketones is 1. The number of carbonyl (C=O) groups excluding carboxylic acids is 1. The highest BCUT2D eigenvalue weighted by atomic mass is 19.4. The van der Waals surface area contributed by atoms with E-state index in [4.69, 9.17) is 4.74 Å². The van der Waals surface area contributed by atoms with E-state index in [0.717, 1.165) is 12.1 Å². The topological polar surface area (TPSA) is 26.3 Å². The Bertz CT molecular complexity index is 631. The number of Topliss-reactive ketones (excluding diaryl/α,β-unsaturated/α-hetero) is 1. The van der Waals surface area contributed by atoms with Crippen molar-refractivity contribution in [3.63, 3.8) is 0 Å². The van der Waals surface area contributed by atoms with E-state index in [9.17, 15) is 18.0 Å². The summed E-state index contributed by atoms with van der Waals surface area (Å²) in [5, 5.41) is 0. The average Bonchev–Trinajstić information content (AvgIpc) is 2.45. The summed E-state index contributed by atoms with van der Waals surface area (Å²) in [5.74, 6) is 0.428. The molecule has 0 spiro atoms. The molecule has 2 aromatic rings. The van der Waals surface area contributed by atoms with Crippen LogP contribution in [0.25, 0.3) is 0 Å². The molecular weight excluding hydrogens is 281 g/mol. The van der Waals surface area contributed by atoms with Gasteiger partial charge in [0.15, 0.2) is 5.78 Å². The van der Waals surface area contributed by atoms with E-state index in [-0.39, 0.29) is 12.4 Å². The summed E-state index contributed by atoms with van der Waals surface area (Å²) in [6.07, 6.45) is -4.34. The molecule has 0 aromatic heterocycles. The van der Waals surface area contributed by atoms with Crippen LogP contribution in [-0.4, -0.2) is 5.78 Å². The first-order valence-corrected chi connectivity index (χ1v) is 6.26. The van der Waals surface area contributed by atoms with Gasteiger partial charge in [-0.05, 0) is 36.8 Å². The molecule has 110 valence electrons. The fraction of sp³-hybridized carbons (Fsp3) is 0.188. The molecule has 2 rings (SSSR count). The van der Waals surface area contributed by atoms with E-state index in [2.05, 4.69) is 0 Å². The Morgan fingerprint density at radius 3 is 2.33 bits per heavy atom. The minimum atomic E-state index is -4.34. The van der Waals surface area contributed by atoms with E-state index < -0.39 is 11.7 Å². The number of rotatable bonds is 4. The van der Waals surface area contributed by atoms with Crippen molar-refractivity contribution in [2.45, 2.75) is 19.7 Å². The molecule has 0 amide bonds. The maximum absolute atomic E-state index is 12.4. The van der Waals surface area contributed by atoms with E-state index in [1.807, 2.05) is 0 Å². The second-order valence-electron chi connectivity index (χ2n) is 4.57. The third-order valence-electron chi connectivity index (χ3n) is 2.93. The predicted molar refractivity (Wildman–Crippen MR) is 72.2 cm³/mol. The second-order valence-corrected chi connectivity index (χ2v) is 4.57. The first kappa shape index (κ1) is 15.1. The normalized spacial score (nSPS) is 11.2. The van der Waals surface area contributed by atoms with Crippen LogP contribution < -0.4 is 4.74 Å². The minimum absolute atomic E-state index is 0.0741. The predicted octanol–water partition coefficient (Wildman–Crippen LogP) is 4.49. The van der Waals surface area contributed by atoms with Crippen molar-refractivity contribution in [1.29, 1.82) is 0 Å². The van der Waals surface area contributed by atoms with Gasteiger partial charge >= 0.3 is 6.18 Å². The Labute approximate surface area is 120 Å². The SMILES string of the molecule is CC(=O)c1cccc(OCc2ccc(C(F)(F)F)cc2)c1. The highest BCUT2D eigenvalue weighted by molar-refractivity contribution is 5.94. The van der Waals surface area contributed by atoms with E-state index in [0.29, 0.717) is 16.9 Å². The number of ether oxygens (including phenoxy) is 1. The zero-order valence-corrected chi connectivity index (χ0v) is 11.3. The molecule has 0 saturated heterocycles. The molecule has 5 heteroatoms. The van der Waals surface area contributed by atoms with Gasteiger partial charge in [-0.2, -0.15) is 13.2 Å². The largest absolute Gasteiger partial charge is 0.489 e. The molecule has 0 radical (unpaired) electrons. The summed E-state index contributed by atoms with van der Waals surface area (Å²) in [4.78, 5) is 11.2. The molecule has 0 aliphatic heterocycles. The van der Waals surface area contributed by atoms with Crippen LogP contribution in [0, 0.1) is 0 Å². The first-order chi connectivity index (χ1) is 9.86. The van der Waals surface area contributed by atoms with Crippen LogP contribution in [0.1, 0.15) is 28.4 Å². The Morgan fingerprint density at radius 1 is 1.10 bits per heavy atom.